The van der Waals surface area contributed by atoms with Gasteiger partial charge < -0.3 is 10.1 Å². The Bertz CT molecular complexity index is 983. The van der Waals surface area contributed by atoms with Crippen LogP contribution in [0.15, 0.2) is 42.6 Å². The zero-order valence-electron chi connectivity index (χ0n) is 17.0. The highest BCUT2D eigenvalue weighted by atomic mass is 16.5. The predicted octanol–water partition coefficient (Wildman–Crippen LogP) is 2.57. The average Bonchev–Trinajstić information content (AvgIpc) is 3.33. The molecule has 1 amide bonds. The van der Waals surface area contributed by atoms with Crippen LogP contribution in [0.5, 0.6) is 5.75 Å². The number of pyridine rings is 1. The zero-order chi connectivity index (χ0) is 20.2. The van der Waals surface area contributed by atoms with Gasteiger partial charge in [-0.1, -0.05) is 12.1 Å². The first-order valence-electron chi connectivity index (χ1n) is 10.0. The van der Waals surface area contributed by atoms with Crippen LogP contribution in [0.1, 0.15) is 30.5 Å². The maximum atomic E-state index is 11.2. The highest BCUT2D eigenvalue weighted by Gasteiger charge is 2.28. The molecule has 0 spiro atoms. The Morgan fingerprint density at radius 2 is 2.10 bits per heavy atom. The van der Waals surface area contributed by atoms with Crippen LogP contribution in [-0.2, 0) is 17.9 Å². The van der Waals surface area contributed by atoms with Gasteiger partial charge in [-0.3, -0.25) is 9.69 Å². The molecule has 0 radical (unpaired) electrons. The van der Waals surface area contributed by atoms with Gasteiger partial charge >= 0.3 is 0 Å². The molecule has 1 aliphatic rings. The topological polar surface area (TPSA) is 72.3 Å². The normalized spacial score (nSPS) is 17.0. The van der Waals surface area contributed by atoms with Crippen LogP contribution in [0.4, 0.5) is 0 Å². The molecule has 4 rings (SSSR count). The van der Waals surface area contributed by atoms with E-state index >= 15 is 0 Å². The fourth-order valence-electron chi connectivity index (χ4n) is 4.02. The zero-order valence-corrected chi connectivity index (χ0v) is 17.0. The van der Waals surface area contributed by atoms with Crippen LogP contribution in [-0.4, -0.2) is 52.3 Å². The molecule has 1 aliphatic heterocycles. The number of benzene rings is 1. The minimum absolute atomic E-state index is 0.0281. The summed E-state index contributed by atoms with van der Waals surface area (Å²) in [6.07, 6.45) is 2.89. The van der Waals surface area contributed by atoms with Crippen molar-refractivity contribution in [3.05, 3.63) is 53.9 Å². The summed E-state index contributed by atoms with van der Waals surface area (Å²) in [5.74, 6) is 1.25. The summed E-state index contributed by atoms with van der Waals surface area (Å²) in [6, 6.07) is 12.4. The monoisotopic (exact) mass is 393 g/mol. The number of nitrogens with zero attached hydrogens (tertiary/aromatic N) is 4. The molecular weight excluding hydrogens is 366 g/mol. The molecule has 7 heteroatoms. The van der Waals surface area contributed by atoms with Crippen molar-refractivity contribution in [3.63, 3.8) is 0 Å². The van der Waals surface area contributed by atoms with Crippen LogP contribution in [0, 0.1) is 0 Å². The van der Waals surface area contributed by atoms with E-state index in [0.29, 0.717) is 19.0 Å². The van der Waals surface area contributed by atoms with E-state index in [1.807, 2.05) is 22.9 Å². The molecule has 3 heterocycles. The fraction of sp³-hybridized carbons (Fsp3) is 0.409. The molecule has 1 saturated heterocycles. The van der Waals surface area contributed by atoms with Crippen molar-refractivity contribution in [3.8, 4) is 5.75 Å². The van der Waals surface area contributed by atoms with E-state index in [4.69, 9.17) is 9.84 Å². The maximum Gasteiger partial charge on any atom is 0.216 e. The third kappa shape index (κ3) is 4.40. The molecule has 0 bridgehead atoms. The van der Waals surface area contributed by atoms with Gasteiger partial charge in [0.1, 0.15) is 5.75 Å². The number of amides is 1. The molecule has 7 nitrogen and oxygen atoms in total. The number of aromatic nitrogens is 3. The van der Waals surface area contributed by atoms with Crippen molar-refractivity contribution >= 4 is 16.9 Å². The largest absolute Gasteiger partial charge is 0.497 e. The molecule has 1 atom stereocenters. The number of rotatable bonds is 7. The van der Waals surface area contributed by atoms with Crippen LogP contribution in [0.3, 0.4) is 0 Å². The predicted molar refractivity (Wildman–Crippen MR) is 112 cm³/mol. The molecule has 152 valence electrons. The Balaban J connectivity index is 1.47. The van der Waals surface area contributed by atoms with Crippen molar-refractivity contribution in [2.45, 2.75) is 32.4 Å². The minimum Gasteiger partial charge on any atom is -0.497 e. The molecule has 3 aromatic rings. The van der Waals surface area contributed by atoms with Crippen LogP contribution >= 0.6 is 0 Å². The van der Waals surface area contributed by atoms with Crippen LogP contribution in [0.2, 0.25) is 0 Å². The van der Waals surface area contributed by atoms with E-state index < -0.39 is 0 Å². The summed E-state index contributed by atoms with van der Waals surface area (Å²) in [5, 5.41) is 8.84. The summed E-state index contributed by atoms with van der Waals surface area (Å²) in [4.78, 5) is 18.2. The van der Waals surface area contributed by atoms with E-state index in [-0.39, 0.29) is 5.91 Å². The lowest BCUT2D eigenvalue weighted by Crippen LogP contribution is -2.25. The quantitative estimate of drug-likeness (QED) is 0.668. The number of hydrogen-bond donors (Lipinski definition) is 1. The van der Waals surface area contributed by atoms with Gasteiger partial charge in [-0.15, -0.1) is 0 Å². The third-order valence-electron chi connectivity index (χ3n) is 5.46. The van der Waals surface area contributed by atoms with Gasteiger partial charge in [-0.2, -0.15) is 5.10 Å². The third-order valence-corrected chi connectivity index (χ3v) is 5.46. The van der Waals surface area contributed by atoms with Gasteiger partial charge in [0.25, 0.3) is 0 Å². The van der Waals surface area contributed by atoms with Crippen molar-refractivity contribution in [1.29, 1.82) is 0 Å². The van der Waals surface area contributed by atoms with Crippen LogP contribution < -0.4 is 10.1 Å². The summed E-state index contributed by atoms with van der Waals surface area (Å²) in [6.45, 7) is 5.67. The van der Waals surface area contributed by atoms with E-state index in [1.54, 1.807) is 13.3 Å². The lowest BCUT2D eigenvalue weighted by Gasteiger charge is -2.16. The number of carbonyl (C=O) groups excluding carboxylic acids is 1. The molecule has 29 heavy (non-hydrogen) atoms. The number of likely N-dealkylation sites (tertiary alicyclic amines) is 1. The summed E-state index contributed by atoms with van der Waals surface area (Å²) >= 11 is 0. The summed E-state index contributed by atoms with van der Waals surface area (Å²) < 4.78 is 7.17. The van der Waals surface area contributed by atoms with Gasteiger partial charge in [0, 0.05) is 44.1 Å². The Hall–Kier alpha value is -2.93. The molecule has 2 aromatic heterocycles. The number of fused-ring (bicyclic) bond motifs is 1. The van der Waals surface area contributed by atoms with Gasteiger partial charge in [0.05, 0.1) is 19.3 Å². The Morgan fingerprint density at radius 1 is 1.28 bits per heavy atom. The summed E-state index contributed by atoms with van der Waals surface area (Å²) in [5.41, 5.74) is 3.30. The fourth-order valence-corrected chi connectivity index (χ4v) is 4.02. The first-order chi connectivity index (χ1) is 14.1. The molecule has 0 saturated carbocycles. The minimum atomic E-state index is -0.0281. The molecule has 1 fully saturated rings. The SMILES string of the molecule is COc1ccc(CN2CC[C@H](c3nn(CCNC(C)=O)c4ncccc34)C2)cc1. The number of methoxy groups -OCH3 is 1. The number of carbonyl (C=O) groups is 1. The van der Waals surface area contributed by atoms with E-state index in [9.17, 15) is 4.79 Å². The Kier molecular flexibility index (Phi) is 5.76. The highest BCUT2D eigenvalue weighted by molar-refractivity contribution is 5.79. The van der Waals surface area contributed by atoms with E-state index in [2.05, 4.69) is 33.4 Å². The van der Waals surface area contributed by atoms with Crippen molar-refractivity contribution < 1.29 is 9.53 Å². The average molecular weight is 393 g/mol. The highest BCUT2D eigenvalue weighted by Crippen LogP contribution is 2.32. The van der Waals surface area contributed by atoms with Crippen molar-refractivity contribution in [2.24, 2.45) is 0 Å². The number of hydrogen-bond acceptors (Lipinski definition) is 5. The first-order valence-corrected chi connectivity index (χ1v) is 10.0. The molecular formula is C22H27N5O2. The second-order valence-electron chi connectivity index (χ2n) is 7.53. The molecule has 1 aromatic carbocycles. The van der Waals surface area contributed by atoms with E-state index in [0.717, 1.165) is 48.5 Å². The van der Waals surface area contributed by atoms with Gasteiger partial charge in [-0.25, -0.2) is 9.67 Å². The Labute approximate surface area is 170 Å². The maximum absolute atomic E-state index is 11.2. The summed E-state index contributed by atoms with van der Waals surface area (Å²) in [7, 11) is 1.69. The smallest absolute Gasteiger partial charge is 0.216 e. The molecule has 1 N–H and O–H groups in total. The molecule has 0 aliphatic carbocycles. The molecule has 0 unspecified atom stereocenters. The lowest BCUT2D eigenvalue weighted by molar-refractivity contribution is -0.118. The Morgan fingerprint density at radius 3 is 2.86 bits per heavy atom. The number of nitrogens with one attached hydrogen (secondary N) is 1. The van der Waals surface area contributed by atoms with Crippen LogP contribution in [0.25, 0.3) is 11.0 Å². The van der Waals surface area contributed by atoms with Crippen molar-refractivity contribution in [1.82, 2.24) is 25.0 Å². The number of ether oxygens (including phenoxy) is 1. The second kappa shape index (κ2) is 8.61. The van der Waals surface area contributed by atoms with Gasteiger partial charge in [0.15, 0.2) is 5.65 Å². The standard InChI is InChI=1S/C22H27N5O2/c1-16(28)23-11-13-27-22-20(4-3-10-24-22)21(25-27)18-9-12-26(15-18)14-17-5-7-19(29-2)8-6-17/h3-8,10,18H,9,11-15H2,1-2H3,(H,23,28)/t18-/m0/s1. The first kappa shape index (κ1) is 19.4. The van der Waals surface area contributed by atoms with E-state index in [1.165, 1.54) is 12.5 Å². The lowest BCUT2D eigenvalue weighted by atomic mass is 10.0. The second-order valence-corrected chi connectivity index (χ2v) is 7.53. The van der Waals surface area contributed by atoms with Crippen molar-refractivity contribution in [2.75, 3.05) is 26.7 Å². The van der Waals surface area contributed by atoms with Gasteiger partial charge in [0.2, 0.25) is 5.91 Å². The van der Waals surface area contributed by atoms with Gasteiger partial charge in [-0.05, 0) is 42.8 Å².